The number of carbonyl (C=O) groups is 2. The number of nitrogens with zero attached hydrogens (tertiary/aromatic N) is 1. The van der Waals surface area contributed by atoms with Crippen molar-refractivity contribution in [3.8, 4) is 5.75 Å². The summed E-state index contributed by atoms with van der Waals surface area (Å²) in [6.07, 6.45) is 0. The maximum absolute atomic E-state index is 12.3. The second-order valence-corrected chi connectivity index (χ2v) is 7.55. The molecule has 0 aliphatic rings. The Bertz CT molecular complexity index is 992. The van der Waals surface area contributed by atoms with Crippen LogP contribution >= 0.6 is 11.3 Å². The summed E-state index contributed by atoms with van der Waals surface area (Å²) < 4.78 is 10.8. The molecule has 0 amide bonds. The molecule has 3 aromatic rings. The van der Waals surface area contributed by atoms with Gasteiger partial charge < -0.3 is 9.47 Å². The monoisotopic (exact) mass is 395 g/mol. The molecular formula is C22H21NO4S. The van der Waals surface area contributed by atoms with E-state index in [1.54, 1.807) is 41.7 Å². The van der Waals surface area contributed by atoms with Crippen LogP contribution in [0.4, 0.5) is 0 Å². The van der Waals surface area contributed by atoms with Gasteiger partial charge in [0.2, 0.25) is 5.78 Å². The van der Waals surface area contributed by atoms with E-state index < -0.39 is 5.97 Å². The maximum Gasteiger partial charge on any atom is 0.338 e. The predicted octanol–water partition coefficient (Wildman–Crippen LogP) is 4.69. The van der Waals surface area contributed by atoms with E-state index in [-0.39, 0.29) is 12.4 Å². The van der Waals surface area contributed by atoms with Crippen LogP contribution in [-0.4, -0.2) is 23.3 Å². The van der Waals surface area contributed by atoms with Crippen molar-refractivity contribution in [2.24, 2.45) is 0 Å². The summed E-state index contributed by atoms with van der Waals surface area (Å²) in [7, 11) is 0. The fourth-order valence-corrected chi connectivity index (χ4v) is 3.33. The van der Waals surface area contributed by atoms with Gasteiger partial charge >= 0.3 is 5.97 Å². The molecule has 0 N–H and O–H groups in total. The van der Waals surface area contributed by atoms with E-state index in [0.717, 1.165) is 21.8 Å². The third-order valence-corrected chi connectivity index (χ3v) is 4.98. The van der Waals surface area contributed by atoms with E-state index in [1.807, 2.05) is 38.3 Å². The lowest BCUT2D eigenvalue weighted by Gasteiger charge is -2.08. The minimum Gasteiger partial charge on any atom is -0.487 e. The topological polar surface area (TPSA) is 65.5 Å². The Hall–Kier alpha value is -2.99. The minimum absolute atomic E-state index is 0.218. The van der Waals surface area contributed by atoms with Gasteiger partial charge in [0.05, 0.1) is 16.3 Å². The van der Waals surface area contributed by atoms with Crippen LogP contribution in [0.25, 0.3) is 0 Å². The molecule has 0 saturated carbocycles. The van der Waals surface area contributed by atoms with Crippen molar-refractivity contribution in [3.05, 3.63) is 80.8 Å². The molecule has 0 bridgehead atoms. The number of benzene rings is 2. The van der Waals surface area contributed by atoms with E-state index >= 15 is 0 Å². The molecule has 1 aromatic heterocycles. The highest BCUT2D eigenvalue weighted by Gasteiger charge is 2.14. The second-order valence-electron chi connectivity index (χ2n) is 6.49. The number of Topliss-reactive ketones (excluding diaryl/α,β-unsaturated/α-hetero) is 1. The van der Waals surface area contributed by atoms with Crippen LogP contribution in [0.15, 0.2) is 47.8 Å². The van der Waals surface area contributed by atoms with E-state index in [4.69, 9.17) is 9.47 Å². The van der Waals surface area contributed by atoms with Gasteiger partial charge in [0.25, 0.3) is 0 Å². The quantitative estimate of drug-likeness (QED) is 0.429. The van der Waals surface area contributed by atoms with Crippen molar-refractivity contribution in [1.82, 2.24) is 4.98 Å². The molecule has 0 fully saturated rings. The first-order valence-electron chi connectivity index (χ1n) is 8.84. The van der Waals surface area contributed by atoms with Crippen molar-refractivity contribution in [2.45, 2.75) is 27.4 Å². The highest BCUT2D eigenvalue weighted by Crippen LogP contribution is 2.17. The summed E-state index contributed by atoms with van der Waals surface area (Å²) in [5.41, 5.74) is 3.76. The van der Waals surface area contributed by atoms with Crippen LogP contribution in [-0.2, 0) is 11.3 Å². The van der Waals surface area contributed by atoms with Gasteiger partial charge in [0.15, 0.2) is 6.61 Å². The molecule has 28 heavy (non-hydrogen) atoms. The number of ketones is 1. The highest BCUT2D eigenvalue weighted by atomic mass is 32.1. The SMILES string of the molecule is Cc1ccc(C(=O)COC(=O)c2ccc(OCc3csc(C)n3)cc2)c(C)c1. The maximum atomic E-state index is 12.3. The summed E-state index contributed by atoms with van der Waals surface area (Å²) >= 11 is 1.57. The molecule has 0 aliphatic heterocycles. The standard InChI is InChI=1S/C22H21NO4S/c1-14-4-9-20(15(2)10-14)21(24)12-27-22(25)17-5-7-19(8-6-17)26-11-18-13-28-16(3)23-18/h4-10,13H,11-12H2,1-3H3. The number of rotatable bonds is 7. The van der Waals surface area contributed by atoms with Gasteiger partial charge in [-0.2, -0.15) is 0 Å². The van der Waals surface area contributed by atoms with Crippen LogP contribution in [0, 0.1) is 20.8 Å². The first kappa shape index (κ1) is 19.8. The molecule has 6 heteroatoms. The lowest BCUT2D eigenvalue weighted by atomic mass is 10.0. The van der Waals surface area contributed by atoms with Crippen molar-refractivity contribution in [1.29, 1.82) is 0 Å². The predicted molar refractivity (Wildman–Crippen MR) is 108 cm³/mol. The van der Waals surface area contributed by atoms with Crippen molar-refractivity contribution in [3.63, 3.8) is 0 Å². The Morgan fingerprint density at radius 2 is 1.79 bits per heavy atom. The average Bonchev–Trinajstić information content (AvgIpc) is 3.10. The number of ether oxygens (including phenoxy) is 2. The Balaban J connectivity index is 1.53. The molecule has 5 nitrogen and oxygen atoms in total. The van der Waals surface area contributed by atoms with Gasteiger partial charge in [0, 0.05) is 10.9 Å². The van der Waals surface area contributed by atoms with Crippen molar-refractivity contribution in [2.75, 3.05) is 6.61 Å². The number of aromatic nitrogens is 1. The van der Waals surface area contributed by atoms with Crippen molar-refractivity contribution >= 4 is 23.1 Å². The van der Waals surface area contributed by atoms with Gasteiger partial charge in [-0.3, -0.25) is 4.79 Å². The van der Waals surface area contributed by atoms with Crippen LogP contribution in [0.3, 0.4) is 0 Å². The van der Waals surface area contributed by atoms with E-state index in [1.165, 1.54) is 0 Å². The van der Waals surface area contributed by atoms with Crippen molar-refractivity contribution < 1.29 is 19.1 Å². The fraction of sp³-hybridized carbons (Fsp3) is 0.227. The Morgan fingerprint density at radius 1 is 1.04 bits per heavy atom. The molecule has 1 heterocycles. The van der Waals surface area contributed by atoms with Gasteiger partial charge in [-0.1, -0.05) is 23.8 Å². The van der Waals surface area contributed by atoms with E-state index in [0.29, 0.717) is 23.5 Å². The number of hydrogen-bond acceptors (Lipinski definition) is 6. The summed E-state index contributed by atoms with van der Waals surface area (Å²) in [6.45, 7) is 5.86. The number of thiazole rings is 1. The minimum atomic E-state index is -0.542. The summed E-state index contributed by atoms with van der Waals surface area (Å²) in [5, 5.41) is 2.94. The summed E-state index contributed by atoms with van der Waals surface area (Å²) in [6, 6.07) is 12.2. The van der Waals surface area contributed by atoms with Crippen LogP contribution in [0.2, 0.25) is 0 Å². The first-order chi connectivity index (χ1) is 13.4. The summed E-state index contributed by atoms with van der Waals surface area (Å²) in [4.78, 5) is 28.8. The molecule has 3 rings (SSSR count). The largest absolute Gasteiger partial charge is 0.487 e. The van der Waals surface area contributed by atoms with Crippen LogP contribution in [0.5, 0.6) is 5.75 Å². The first-order valence-corrected chi connectivity index (χ1v) is 9.72. The Kier molecular flexibility index (Phi) is 6.21. The Labute approximate surface area is 168 Å². The number of carbonyl (C=O) groups excluding carboxylic acids is 2. The zero-order valence-electron chi connectivity index (χ0n) is 16.0. The van der Waals surface area contributed by atoms with Gasteiger partial charge in [-0.05, 0) is 50.6 Å². The smallest absolute Gasteiger partial charge is 0.338 e. The number of esters is 1. The van der Waals surface area contributed by atoms with Gasteiger partial charge in [-0.25, -0.2) is 9.78 Å². The molecule has 0 atom stereocenters. The Morgan fingerprint density at radius 3 is 2.43 bits per heavy atom. The molecule has 0 radical (unpaired) electrons. The molecule has 0 aliphatic carbocycles. The lowest BCUT2D eigenvalue weighted by molar-refractivity contribution is 0.0474. The third-order valence-electron chi connectivity index (χ3n) is 4.16. The van der Waals surface area contributed by atoms with E-state index in [2.05, 4.69) is 4.98 Å². The van der Waals surface area contributed by atoms with Gasteiger partial charge in [0.1, 0.15) is 12.4 Å². The molecule has 144 valence electrons. The molecule has 0 saturated heterocycles. The molecule has 2 aromatic carbocycles. The second kappa shape index (κ2) is 8.80. The van der Waals surface area contributed by atoms with E-state index in [9.17, 15) is 9.59 Å². The van der Waals surface area contributed by atoms with Crippen LogP contribution < -0.4 is 4.74 Å². The average molecular weight is 395 g/mol. The number of aryl methyl sites for hydroxylation is 3. The molecule has 0 spiro atoms. The number of hydrogen-bond donors (Lipinski definition) is 0. The van der Waals surface area contributed by atoms with Gasteiger partial charge in [-0.15, -0.1) is 11.3 Å². The normalized spacial score (nSPS) is 10.5. The fourth-order valence-electron chi connectivity index (χ4n) is 2.74. The zero-order chi connectivity index (χ0) is 20.1. The molecular weight excluding hydrogens is 374 g/mol. The zero-order valence-corrected chi connectivity index (χ0v) is 16.8. The van der Waals surface area contributed by atoms with Crippen LogP contribution in [0.1, 0.15) is 42.5 Å². The molecule has 0 unspecified atom stereocenters. The summed E-state index contributed by atoms with van der Waals surface area (Å²) in [5.74, 6) is -0.127. The third kappa shape index (κ3) is 5.04. The highest BCUT2D eigenvalue weighted by molar-refractivity contribution is 7.09. The lowest BCUT2D eigenvalue weighted by Crippen LogP contribution is -2.15.